The van der Waals surface area contributed by atoms with E-state index in [0.29, 0.717) is 77.9 Å². The fourth-order valence-corrected chi connectivity index (χ4v) is 11.9. The minimum atomic E-state index is -1.66. The Morgan fingerprint density at radius 2 is 0.747 bits per heavy atom. The van der Waals surface area contributed by atoms with Crippen molar-refractivity contribution in [3.8, 4) is 0 Å². The summed E-state index contributed by atoms with van der Waals surface area (Å²) < 4.78 is 85.3. The van der Waals surface area contributed by atoms with E-state index in [1.54, 1.807) is 0 Å². The molecular weight excluding hydrogens is 1050 g/mol. The number of alkyl halides is 1. The molecule has 2 aliphatic carbocycles. The molecule has 0 amide bonds. The average Bonchev–Trinajstić information content (AvgIpc) is 3.66. The van der Waals surface area contributed by atoms with Crippen molar-refractivity contribution in [2.45, 2.75) is 179 Å². The summed E-state index contributed by atoms with van der Waals surface area (Å²) in [4.78, 5) is 0. The van der Waals surface area contributed by atoms with Crippen LogP contribution in [-0.2, 0) is 105 Å². The Morgan fingerprint density at radius 1 is 0.386 bits per heavy atom. The Kier molecular flexibility index (Phi) is 24.1. The van der Waals surface area contributed by atoms with Gasteiger partial charge < -0.3 is 57.2 Å². The fraction of sp³-hybridized carbons (Fsp3) is 0.486. The van der Waals surface area contributed by atoms with Crippen LogP contribution in [0.15, 0.2) is 170 Å². The number of aliphatic hydroxyl groups excluding tert-OH is 1. The molecule has 0 aromatic heterocycles. The molecule has 6 aromatic rings. The van der Waals surface area contributed by atoms with E-state index in [-0.39, 0.29) is 19.3 Å². The zero-order valence-electron chi connectivity index (χ0n) is 48.0. The molecule has 4 aliphatic heterocycles. The predicted molar refractivity (Wildman–Crippen MR) is 314 cm³/mol. The summed E-state index contributed by atoms with van der Waals surface area (Å²) in [7, 11) is 0. The summed E-state index contributed by atoms with van der Waals surface area (Å²) in [5, 5.41) is 8.69. The van der Waals surface area contributed by atoms with Crippen molar-refractivity contribution in [2.24, 2.45) is 11.8 Å². The molecule has 12 rings (SSSR count). The first kappa shape index (κ1) is 60.9. The van der Waals surface area contributed by atoms with Crippen molar-refractivity contribution in [2.75, 3.05) is 26.4 Å². The molecule has 4 heterocycles. The standard InChI is InChI=1S/C35H42O6.C28H29FO5.C7H14O/c1-4-12-26(13-5-1)20-37-32-31-25-36-23-29-18-10-11-19-30(29)24-39-33(32)34(38-21-27-14-6-2-7-15-27)35(41-31)40-22-28-16-8-3-9-17-28;29-28-27(32-16-21-11-5-2-6-12-21)26-25(31-15-20-9-3-1-4-10-20)24(34-28)19-30-17-22-13-7-8-14-23(22)18-33-26;8-6-7-4-2-1-3-5-7/h1-2,4-7,10-15,18-19,28,31-35H,3,8-9,16-17,20-25H2;1-14,24-28H,15-19H2;7-8H,1-6H2/t31?,32-,33?,34+,35-;24?,25-,26?,27+,28?;/m11./s1. The van der Waals surface area contributed by atoms with Crippen LogP contribution in [0.3, 0.4) is 0 Å². The molecule has 12 nitrogen and oxygen atoms in total. The Labute approximate surface area is 490 Å². The van der Waals surface area contributed by atoms with Gasteiger partial charge in [0.15, 0.2) is 6.29 Å². The highest BCUT2D eigenvalue weighted by Gasteiger charge is 2.51. The van der Waals surface area contributed by atoms with E-state index >= 15 is 4.39 Å². The number of halogens is 1. The van der Waals surface area contributed by atoms with E-state index in [2.05, 4.69) is 36.4 Å². The van der Waals surface area contributed by atoms with E-state index in [4.69, 9.17) is 57.2 Å². The van der Waals surface area contributed by atoms with Gasteiger partial charge in [0.2, 0.25) is 6.36 Å². The zero-order valence-corrected chi connectivity index (χ0v) is 48.0. The summed E-state index contributed by atoms with van der Waals surface area (Å²) in [5.41, 5.74) is 8.45. The Balaban J connectivity index is 0.000000165. The number of hydrogen-bond donors (Lipinski definition) is 1. The maximum absolute atomic E-state index is 15.3. The van der Waals surface area contributed by atoms with Gasteiger partial charge in [0.05, 0.1) is 72.7 Å². The van der Waals surface area contributed by atoms with Crippen molar-refractivity contribution in [3.05, 3.63) is 214 Å². The van der Waals surface area contributed by atoms with E-state index in [1.807, 2.05) is 133 Å². The molecule has 2 saturated heterocycles. The monoisotopic (exact) mass is 1140 g/mol. The third kappa shape index (κ3) is 18.2. The maximum Gasteiger partial charge on any atom is 0.228 e. The molecule has 444 valence electrons. The highest BCUT2D eigenvalue weighted by Crippen LogP contribution is 2.36. The van der Waals surface area contributed by atoms with Gasteiger partial charge in [-0.1, -0.05) is 208 Å². The lowest BCUT2D eigenvalue weighted by Gasteiger charge is -2.46. The maximum atomic E-state index is 15.3. The molecule has 4 fully saturated rings. The SMILES string of the molecule is FC1OC2COCc3ccccc3COC([C@@H]1OCc1ccccc1)[C@@H]2OCc1ccccc1.OCC1CCCCC1.c1ccc(CO[C@@H]2C3COCc4ccccc4COC2[C@H](OCc2ccccc2)[C@H](OCC2CCCCC2)O3)cc1. The quantitative estimate of drug-likeness (QED) is 0.0993. The third-order valence-electron chi connectivity index (χ3n) is 16.7. The second-order valence-corrected chi connectivity index (χ2v) is 22.8. The van der Waals surface area contributed by atoms with E-state index in [9.17, 15) is 0 Å². The highest BCUT2D eigenvalue weighted by atomic mass is 19.1. The van der Waals surface area contributed by atoms with Crippen molar-refractivity contribution in [1.29, 1.82) is 0 Å². The first-order valence-electron chi connectivity index (χ1n) is 30.4. The van der Waals surface area contributed by atoms with Gasteiger partial charge in [0, 0.05) is 6.61 Å². The summed E-state index contributed by atoms with van der Waals surface area (Å²) >= 11 is 0. The van der Waals surface area contributed by atoms with Crippen LogP contribution >= 0.6 is 0 Å². The Hall–Kier alpha value is -5.23. The first-order chi connectivity index (χ1) is 41.0. The van der Waals surface area contributed by atoms with Crippen LogP contribution in [0.2, 0.25) is 0 Å². The average molecular weight is 1140 g/mol. The van der Waals surface area contributed by atoms with Crippen molar-refractivity contribution >= 4 is 0 Å². The summed E-state index contributed by atoms with van der Waals surface area (Å²) in [6.07, 6.45) is 6.18. The normalized spacial score (nSPS) is 26.8. The van der Waals surface area contributed by atoms with E-state index in [1.165, 1.54) is 64.2 Å². The van der Waals surface area contributed by atoms with Crippen LogP contribution in [0.4, 0.5) is 4.39 Å². The topological polar surface area (TPSA) is 122 Å². The largest absolute Gasteiger partial charge is 0.396 e. The lowest BCUT2D eigenvalue weighted by Crippen LogP contribution is -2.62. The van der Waals surface area contributed by atoms with E-state index in [0.717, 1.165) is 44.5 Å². The van der Waals surface area contributed by atoms with Crippen LogP contribution < -0.4 is 0 Å². The Morgan fingerprint density at radius 3 is 1.17 bits per heavy atom. The summed E-state index contributed by atoms with van der Waals surface area (Å²) in [6, 6.07) is 56.2. The van der Waals surface area contributed by atoms with Crippen molar-refractivity contribution in [1.82, 2.24) is 0 Å². The number of rotatable bonds is 16. The zero-order chi connectivity index (χ0) is 56.7. The van der Waals surface area contributed by atoms with E-state index < -0.39 is 55.4 Å². The molecular formula is C70H85FO12. The van der Waals surface area contributed by atoms with Gasteiger partial charge in [-0.05, 0) is 82.0 Å². The molecule has 83 heavy (non-hydrogen) atoms. The van der Waals surface area contributed by atoms with Crippen LogP contribution in [0.5, 0.6) is 0 Å². The van der Waals surface area contributed by atoms with Gasteiger partial charge in [-0.15, -0.1) is 0 Å². The van der Waals surface area contributed by atoms with Crippen LogP contribution in [0.1, 0.15) is 109 Å². The van der Waals surface area contributed by atoms with Crippen molar-refractivity contribution in [3.63, 3.8) is 0 Å². The predicted octanol–water partition coefficient (Wildman–Crippen LogP) is 13.1. The molecule has 6 aromatic carbocycles. The molecule has 2 saturated carbocycles. The third-order valence-corrected chi connectivity index (χ3v) is 16.7. The number of benzene rings is 6. The molecule has 0 radical (unpaired) electrons. The number of hydrogen-bond acceptors (Lipinski definition) is 12. The molecule has 10 atom stereocenters. The molecule has 6 aliphatic rings. The van der Waals surface area contributed by atoms with Gasteiger partial charge in [-0.25, -0.2) is 4.39 Å². The molecule has 5 unspecified atom stereocenters. The molecule has 4 bridgehead atoms. The number of ether oxygens (including phenoxy) is 11. The molecule has 0 spiro atoms. The fourth-order valence-electron chi connectivity index (χ4n) is 11.9. The molecule has 1 N–H and O–H groups in total. The van der Waals surface area contributed by atoms with Crippen molar-refractivity contribution < 1.29 is 61.6 Å². The van der Waals surface area contributed by atoms with Gasteiger partial charge in [0.1, 0.15) is 48.8 Å². The van der Waals surface area contributed by atoms with Gasteiger partial charge >= 0.3 is 0 Å². The second-order valence-electron chi connectivity index (χ2n) is 22.8. The van der Waals surface area contributed by atoms with Crippen LogP contribution in [-0.4, -0.2) is 93.0 Å². The first-order valence-corrected chi connectivity index (χ1v) is 30.4. The van der Waals surface area contributed by atoms with Gasteiger partial charge in [0.25, 0.3) is 0 Å². The highest BCUT2D eigenvalue weighted by molar-refractivity contribution is 5.27. The van der Waals surface area contributed by atoms with Gasteiger partial charge in [-0.2, -0.15) is 0 Å². The lowest BCUT2D eigenvalue weighted by molar-refractivity contribution is -0.331. The second kappa shape index (κ2) is 32.9. The van der Waals surface area contributed by atoms with Gasteiger partial charge in [-0.3, -0.25) is 0 Å². The minimum Gasteiger partial charge on any atom is -0.396 e. The van der Waals surface area contributed by atoms with Crippen LogP contribution in [0.25, 0.3) is 0 Å². The molecule has 13 heteroatoms. The minimum absolute atomic E-state index is 0.194. The Bertz CT molecular complexity index is 2730. The van der Waals surface area contributed by atoms with Crippen LogP contribution in [0, 0.1) is 11.8 Å². The summed E-state index contributed by atoms with van der Waals surface area (Å²) in [6.45, 7) is 4.76. The smallest absolute Gasteiger partial charge is 0.228 e. The number of aliphatic hydroxyl groups is 1. The summed E-state index contributed by atoms with van der Waals surface area (Å²) in [5.74, 6) is 1.19. The lowest BCUT2D eigenvalue weighted by atomic mass is 9.90. The number of fused-ring (bicyclic) bond motifs is 6.